The molecule has 0 aromatic carbocycles. The average molecular weight is 268 g/mol. The van der Waals surface area contributed by atoms with Crippen LogP contribution in [0.15, 0.2) is 0 Å². The summed E-state index contributed by atoms with van der Waals surface area (Å²) in [5, 5.41) is -1.35. The first-order chi connectivity index (χ1) is 5.99. The lowest BCUT2D eigenvalue weighted by atomic mass is 10.2. The summed E-state index contributed by atoms with van der Waals surface area (Å²) in [5.41, 5.74) is 0. The first-order valence-electron chi connectivity index (χ1n) is 3.63. The van der Waals surface area contributed by atoms with Crippen molar-refractivity contribution >= 4 is 52.4 Å². The Morgan fingerprint density at radius 1 is 1.23 bits per heavy atom. The van der Waals surface area contributed by atoms with E-state index in [1.807, 2.05) is 0 Å². The number of carbonyl (C=O) groups excluding carboxylic acids is 1. The van der Waals surface area contributed by atoms with Crippen molar-refractivity contribution in [2.24, 2.45) is 0 Å². The normalized spacial score (nSPS) is 15.5. The molecule has 0 bridgehead atoms. The number of methoxy groups -OCH3 is 1. The van der Waals surface area contributed by atoms with Crippen molar-refractivity contribution in [2.45, 2.75) is 28.4 Å². The van der Waals surface area contributed by atoms with E-state index in [0.29, 0.717) is 12.8 Å². The van der Waals surface area contributed by atoms with Gasteiger partial charge in [0.05, 0.1) is 12.5 Å². The molecule has 0 radical (unpaired) electrons. The molecule has 0 saturated carbocycles. The summed E-state index contributed by atoms with van der Waals surface area (Å²) in [4.78, 5) is 10.4. The van der Waals surface area contributed by atoms with Crippen molar-refractivity contribution in [3.8, 4) is 0 Å². The van der Waals surface area contributed by atoms with Gasteiger partial charge < -0.3 is 4.74 Å². The highest BCUT2D eigenvalue weighted by molar-refractivity contribution is 6.44. The summed E-state index contributed by atoms with van der Waals surface area (Å²) in [5.74, 6) is -0.539. The van der Waals surface area contributed by atoms with Crippen molar-refractivity contribution in [3.05, 3.63) is 0 Å². The van der Waals surface area contributed by atoms with Crippen LogP contribution in [0.5, 0.6) is 0 Å². The minimum Gasteiger partial charge on any atom is -0.468 e. The molecule has 0 aromatic rings. The summed E-state index contributed by atoms with van der Waals surface area (Å²) < 4.78 is 4.42. The van der Waals surface area contributed by atoms with Gasteiger partial charge in [-0.3, -0.25) is 4.79 Å². The molecule has 0 heterocycles. The summed E-state index contributed by atoms with van der Waals surface area (Å²) in [6.45, 7) is 0. The van der Waals surface area contributed by atoms with Gasteiger partial charge in [-0.15, -0.1) is 46.4 Å². The molecular weight excluding hydrogens is 258 g/mol. The molecule has 0 N–H and O–H groups in total. The van der Waals surface area contributed by atoms with Gasteiger partial charge in [0.1, 0.15) is 10.2 Å². The van der Waals surface area contributed by atoms with Crippen LogP contribution in [0, 0.1) is 0 Å². The molecule has 0 aromatic heterocycles. The zero-order chi connectivity index (χ0) is 10.4. The van der Waals surface area contributed by atoms with E-state index in [2.05, 4.69) is 4.74 Å². The molecule has 2 nitrogen and oxygen atoms in total. The molecule has 0 aliphatic carbocycles. The van der Waals surface area contributed by atoms with Gasteiger partial charge in [-0.05, 0) is 12.8 Å². The molecule has 0 aliphatic heterocycles. The molecule has 0 spiro atoms. The predicted molar refractivity (Wildman–Crippen MR) is 56.0 cm³/mol. The SMILES string of the molecule is COC(=O)C(Cl)C(Cl)CCC(Cl)Cl. The molecule has 2 unspecified atom stereocenters. The standard InChI is InChI=1S/C7H10Cl4O2/c1-13-7(12)6(11)4(8)2-3-5(9)10/h4-6H,2-3H2,1H3. The van der Waals surface area contributed by atoms with Crippen LogP contribution in [-0.4, -0.2) is 28.7 Å². The van der Waals surface area contributed by atoms with Crippen LogP contribution in [0.25, 0.3) is 0 Å². The summed E-state index contributed by atoms with van der Waals surface area (Å²) in [6.07, 6.45) is 0.972. The first-order valence-corrected chi connectivity index (χ1v) is 5.37. The van der Waals surface area contributed by atoms with Crippen molar-refractivity contribution in [2.75, 3.05) is 7.11 Å². The minimum atomic E-state index is -0.848. The van der Waals surface area contributed by atoms with E-state index < -0.39 is 21.6 Å². The second kappa shape index (κ2) is 6.99. The van der Waals surface area contributed by atoms with Crippen LogP contribution in [0.2, 0.25) is 0 Å². The van der Waals surface area contributed by atoms with Crippen molar-refractivity contribution < 1.29 is 9.53 Å². The fraction of sp³-hybridized carbons (Fsp3) is 0.857. The maximum absolute atomic E-state index is 10.9. The molecule has 0 rings (SSSR count). The third kappa shape index (κ3) is 5.84. The predicted octanol–water partition coefficient (Wildman–Crippen LogP) is 2.96. The van der Waals surface area contributed by atoms with Crippen LogP contribution in [-0.2, 0) is 9.53 Å². The molecule has 0 amide bonds. The number of carbonyl (C=O) groups is 1. The van der Waals surface area contributed by atoms with E-state index in [4.69, 9.17) is 46.4 Å². The molecule has 6 heteroatoms. The molecule has 78 valence electrons. The van der Waals surface area contributed by atoms with Gasteiger partial charge in [-0.25, -0.2) is 0 Å². The Kier molecular flexibility index (Phi) is 7.33. The summed E-state index contributed by atoms with van der Waals surface area (Å²) in [7, 11) is 1.26. The van der Waals surface area contributed by atoms with Crippen LogP contribution in [0.3, 0.4) is 0 Å². The minimum absolute atomic E-state index is 0.475. The van der Waals surface area contributed by atoms with Crippen LogP contribution >= 0.6 is 46.4 Å². The third-order valence-corrected chi connectivity index (χ3v) is 2.92. The fourth-order valence-electron chi connectivity index (χ4n) is 0.692. The van der Waals surface area contributed by atoms with E-state index in [-0.39, 0.29) is 0 Å². The fourth-order valence-corrected chi connectivity index (χ4v) is 1.39. The van der Waals surface area contributed by atoms with Crippen LogP contribution in [0.1, 0.15) is 12.8 Å². The number of alkyl halides is 4. The smallest absolute Gasteiger partial charge is 0.325 e. The Morgan fingerprint density at radius 3 is 2.15 bits per heavy atom. The topological polar surface area (TPSA) is 26.3 Å². The zero-order valence-electron chi connectivity index (χ0n) is 6.97. The largest absolute Gasteiger partial charge is 0.468 e. The number of halogens is 4. The van der Waals surface area contributed by atoms with E-state index >= 15 is 0 Å². The second-order valence-corrected chi connectivity index (χ2v) is 4.72. The second-order valence-electron chi connectivity index (χ2n) is 2.41. The third-order valence-electron chi connectivity index (χ3n) is 1.40. The summed E-state index contributed by atoms with van der Waals surface area (Å²) in [6, 6.07) is 0. The van der Waals surface area contributed by atoms with Crippen molar-refractivity contribution in [3.63, 3.8) is 0 Å². The summed E-state index contributed by atoms with van der Waals surface area (Å²) >= 11 is 22.4. The van der Waals surface area contributed by atoms with Crippen molar-refractivity contribution in [1.82, 2.24) is 0 Å². The lowest BCUT2D eigenvalue weighted by Crippen LogP contribution is -2.26. The zero-order valence-corrected chi connectivity index (χ0v) is 10.00. The van der Waals surface area contributed by atoms with Gasteiger partial charge in [0.25, 0.3) is 0 Å². The highest BCUT2D eigenvalue weighted by atomic mass is 35.5. The Morgan fingerprint density at radius 2 is 1.77 bits per heavy atom. The Balaban J connectivity index is 3.82. The lowest BCUT2D eigenvalue weighted by molar-refractivity contribution is -0.140. The van der Waals surface area contributed by atoms with Crippen LogP contribution in [0.4, 0.5) is 0 Å². The first kappa shape index (κ1) is 13.6. The number of esters is 1. The van der Waals surface area contributed by atoms with E-state index in [1.54, 1.807) is 0 Å². The average Bonchev–Trinajstić information content (AvgIpc) is 2.11. The molecule has 0 saturated heterocycles. The Bertz CT molecular complexity index is 163. The lowest BCUT2D eigenvalue weighted by Gasteiger charge is -2.13. The highest BCUT2D eigenvalue weighted by Gasteiger charge is 2.25. The Labute approximate surface area is 97.4 Å². The number of ether oxygens (including phenoxy) is 1. The number of hydrogen-bond acceptors (Lipinski definition) is 2. The Hall–Kier alpha value is 0.630. The van der Waals surface area contributed by atoms with Gasteiger partial charge in [0.15, 0.2) is 0 Å². The number of rotatable bonds is 5. The molecular formula is C7H10Cl4O2. The van der Waals surface area contributed by atoms with E-state index in [1.165, 1.54) is 7.11 Å². The molecule has 13 heavy (non-hydrogen) atoms. The molecule has 2 atom stereocenters. The highest BCUT2D eigenvalue weighted by Crippen LogP contribution is 2.20. The van der Waals surface area contributed by atoms with Crippen LogP contribution < -0.4 is 0 Å². The van der Waals surface area contributed by atoms with Gasteiger partial charge >= 0.3 is 5.97 Å². The quantitative estimate of drug-likeness (QED) is 0.566. The maximum atomic E-state index is 10.9. The van der Waals surface area contributed by atoms with Gasteiger partial charge in [0.2, 0.25) is 0 Å². The maximum Gasteiger partial charge on any atom is 0.325 e. The van der Waals surface area contributed by atoms with E-state index in [0.717, 1.165) is 0 Å². The van der Waals surface area contributed by atoms with E-state index in [9.17, 15) is 4.79 Å². The van der Waals surface area contributed by atoms with Gasteiger partial charge in [-0.1, -0.05) is 0 Å². The number of hydrogen-bond donors (Lipinski definition) is 0. The van der Waals surface area contributed by atoms with Gasteiger partial charge in [-0.2, -0.15) is 0 Å². The molecule has 0 fully saturated rings. The monoisotopic (exact) mass is 266 g/mol. The molecule has 0 aliphatic rings. The van der Waals surface area contributed by atoms with Crippen molar-refractivity contribution in [1.29, 1.82) is 0 Å². The van der Waals surface area contributed by atoms with Gasteiger partial charge in [0, 0.05) is 0 Å².